The van der Waals surface area contributed by atoms with Crippen LogP contribution in [0.25, 0.3) is 0 Å². The maximum absolute atomic E-state index is 12.9. The molecule has 1 aromatic rings. The van der Waals surface area contributed by atoms with Crippen molar-refractivity contribution < 1.29 is 19.1 Å². The standard InChI is InChI=1S/C30H47N3O4/c34-22-12-10-21(11-13-22)33-30(35)28-15-20(18-36-28)26-17-32-29-25(26)14-19(16-31-29)24-8-4-5-9-27(24)37-23-6-2-1-3-7-23/h15,18-19,21-27,29,31-32,34H,1-14,16-17H2,(H,33,35). The van der Waals surface area contributed by atoms with Crippen LogP contribution in [-0.2, 0) is 4.74 Å². The number of ether oxygens (including phenoxy) is 1. The number of aliphatic hydroxyl groups excluding tert-OH is 1. The van der Waals surface area contributed by atoms with Crippen LogP contribution in [0.3, 0.4) is 0 Å². The number of hydrogen-bond donors (Lipinski definition) is 4. The van der Waals surface area contributed by atoms with Crippen LogP contribution in [0.4, 0.5) is 0 Å². The van der Waals surface area contributed by atoms with Crippen molar-refractivity contribution in [1.82, 2.24) is 16.0 Å². The highest BCUT2D eigenvalue weighted by molar-refractivity contribution is 5.91. The van der Waals surface area contributed by atoms with Crippen molar-refractivity contribution in [2.45, 2.75) is 126 Å². The van der Waals surface area contributed by atoms with Gasteiger partial charge < -0.3 is 30.2 Å². The van der Waals surface area contributed by atoms with Crippen molar-refractivity contribution >= 4 is 5.91 Å². The number of amides is 1. The van der Waals surface area contributed by atoms with E-state index in [1.54, 1.807) is 0 Å². The molecule has 5 aliphatic rings. The van der Waals surface area contributed by atoms with Gasteiger partial charge >= 0.3 is 0 Å². The van der Waals surface area contributed by atoms with E-state index in [4.69, 9.17) is 9.15 Å². The zero-order valence-electron chi connectivity index (χ0n) is 22.3. The lowest BCUT2D eigenvalue weighted by Gasteiger charge is -2.44. The lowest BCUT2D eigenvalue weighted by atomic mass is 9.70. The molecule has 3 aliphatic carbocycles. The third-order valence-electron chi connectivity index (χ3n) is 10.3. The number of carbonyl (C=O) groups is 1. The monoisotopic (exact) mass is 513 g/mol. The number of carbonyl (C=O) groups excluding carboxylic acids is 1. The van der Waals surface area contributed by atoms with E-state index in [1.165, 1.54) is 64.2 Å². The molecular formula is C30H47N3O4. The van der Waals surface area contributed by atoms with Gasteiger partial charge in [-0.2, -0.15) is 0 Å². The Morgan fingerprint density at radius 1 is 0.919 bits per heavy atom. The second kappa shape index (κ2) is 11.8. The molecule has 0 radical (unpaired) electrons. The Morgan fingerprint density at radius 3 is 2.51 bits per heavy atom. The van der Waals surface area contributed by atoms with Gasteiger partial charge in [0, 0.05) is 18.5 Å². The maximum atomic E-state index is 12.9. The number of aliphatic hydroxyl groups is 1. The van der Waals surface area contributed by atoms with Gasteiger partial charge in [-0.05, 0) is 93.7 Å². The van der Waals surface area contributed by atoms with E-state index in [0.29, 0.717) is 47.8 Å². The largest absolute Gasteiger partial charge is 0.459 e. The predicted octanol–water partition coefficient (Wildman–Crippen LogP) is 4.46. The SMILES string of the molecule is O=C(NC1CCC(O)CC1)c1cc(C2CNC3NCC(C4CCCCC4OC4CCCCC4)CC32)co1. The second-order valence-corrected chi connectivity index (χ2v) is 12.7. The number of hydrogen-bond acceptors (Lipinski definition) is 6. The quantitative estimate of drug-likeness (QED) is 0.449. The Morgan fingerprint density at radius 2 is 1.68 bits per heavy atom. The summed E-state index contributed by atoms with van der Waals surface area (Å²) in [7, 11) is 0. The van der Waals surface area contributed by atoms with Crippen LogP contribution >= 0.6 is 0 Å². The summed E-state index contributed by atoms with van der Waals surface area (Å²) in [6, 6.07) is 2.10. The first-order chi connectivity index (χ1) is 18.1. The number of nitrogens with one attached hydrogen (secondary N) is 3. The minimum Gasteiger partial charge on any atom is -0.459 e. The van der Waals surface area contributed by atoms with Gasteiger partial charge in [-0.1, -0.05) is 32.1 Å². The Bertz CT molecular complexity index is 891. The molecule has 6 unspecified atom stereocenters. The molecule has 2 saturated heterocycles. The summed E-state index contributed by atoms with van der Waals surface area (Å²) in [6.07, 6.45) is 18.9. The Kier molecular flexibility index (Phi) is 8.22. The van der Waals surface area contributed by atoms with Gasteiger partial charge in [0.25, 0.3) is 5.91 Å². The molecule has 206 valence electrons. The molecule has 3 heterocycles. The van der Waals surface area contributed by atoms with Gasteiger partial charge in [-0.25, -0.2) is 0 Å². The Labute approximate surface area is 221 Å². The highest BCUT2D eigenvalue weighted by Crippen LogP contribution is 2.44. The fourth-order valence-electron chi connectivity index (χ4n) is 8.14. The third-order valence-corrected chi connectivity index (χ3v) is 10.3. The zero-order chi connectivity index (χ0) is 25.2. The molecule has 0 aromatic carbocycles. The Hall–Kier alpha value is -1.41. The van der Waals surface area contributed by atoms with Gasteiger partial charge in [-0.3, -0.25) is 4.79 Å². The van der Waals surface area contributed by atoms with Gasteiger partial charge in [-0.15, -0.1) is 0 Å². The lowest BCUT2D eigenvalue weighted by molar-refractivity contribution is -0.0901. The van der Waals surface area contributed by atoms with Crippen molar-refractivity contribution in [1.29, 1.82) is 0 Å². The molecule has 4 N–H and O–H groups in total. The average molecular weight is 514 g/mol. The Balaban J connectivity index is 1.08. The predicted molar refractivity (Wildman–Crippen MR) is 142 cm³/mol. The molecule has 37 heavy (non-hydrogen) atoms. The number of furan rings is 1. The van der Waals surface area contributed by atoms with E-state index in [-0.39, 0.29) is 18.1 Å². The van der Waals surface area contributed by atoms with Crippen LogP contribution in [0.15, 0.2) is 16.7 Å². The molecule has 6 atom stereocenters. The first kappa shape index (κ1) is 25.8. The molecule has 6 rings (SSSR count). The van der Waals surface area contributed by atoms with Crippen LogP contribution in [-0.4, -0.2) is 54.6 Å². The molecule has 7 heteroatoms. The molecule has 1 amide bonds. The average Bonchev–Trinajstić information content (AvgIpc) is 3.58. The molecule has 0 bridgehead atoms. The van der Waals surface area contributed by atoms with Crippen LogP contribution in [0, 0.1) is 17.8 Å². The first-order valence-electron chi connectivity index (χ1n) is 15.3. The summed E-state index contributed by atoms with van der Waals surface area (Å²) >= 11 is 0. The minimum absolute atomic E-state index is 0.125. The van der Waals surface area contributed by atoms with E-state index in [1.807, 2.05) is 12.3 Å². The smallest absolute Gasteiger partial charge is 0.287 e. The van der Waals surface area contributed by atoms with Crippen molar-refractivity contribution in [2.75, 3.05) is 13.1 Å². The summed E-state index contributed by atoms with van der Waals surface area (Å²) < 4.78 is 12.6. The molecule has 7 nitrogen and oxygen atoms in total. The normalized spacial score (nSPS) is 39.3. The van der Waals surface area contributed by atoms with Crippen LogP contribution in [0.5, 0.6) is 0 Å². The fourth-order valence-corrected chi connectivity index (χ4v) is 8.14. The highest BCUT2D eigenvalue weighted by atomic mass is 16.5. The van der Waals surface area contributed by atoms with Crippen molar-refractivity contribution in [3.05, 3.63) is 23.7 Å². The van der Waals surface area contributed by atoms with Gasteiger partial charge in [0.05, 0.1) is 30.7 Å². The summed E-state index contributed by atoms with van der Waals surface area (Å²) in [5.74, 6) is 2.46. The van der Waals surface area contributed by atoms with Gasteiger partial charge in [0.2, 0.25) is 0 Å². The van der Waals surface area contributed by atoms with E-state index >= 15 is 0 Å². The second-order valence-electron chi connectivity index (χ2n) is 12.7. The molecule has 1 aromatic heterocycles. The lowest BCUT2D eigenvalue weighted by Crippen LogP contribution is -2.52. The van der Waals surface area contributed by atoms with E-state index in [9.17, 15) is 9.90 Å². The van der Waals surface area contributed by atoms with Crippen LogP contribution < -0.4 is 16.0 Å². The van der Waals surface area contributed by atoms with Crippen molar-refractivity contribution in [3.63, 3.8) is 0 Å². The van der Waals surface area contributed by atoms with Crippen molar-refractivity contribution in [2.24, 2.45) is 17.8 Å². The molecule has 5 fully saturated rings. The summed E-state index contributed by atoms with van der Waals surface area (Å²) in [5.41, 5.74) is 1.14. The fraction of sp³-hybridized carbons (Fsp3) is 0.833. The summed E-state index contributed by atoms with van der Waals surface area (Å²) in [5, 5.41) is 20.4. The van der Waals surface area contributed by atoms with Gasteiger partial charge in [0.1, 0.15) is 0 Å². The summed E-state index contributed by atoms with van der Waals surface area (Å²) in [6.45, 7) is 1.99. The first-order valence-corrected chi connectivity index (χ1v) is 15.3. The van der Waals surface area contributed by atoms with Crippen molar-refractivity contribution in [3.8, 4) is 0 Å². The topological polar surface area (TPSA) is 95.8 Å². The number of fused-ring (bicyclic) bond motifs is 1. The molecular weight excluding hydrogens is 466 g/mol. The van der Waals surface area contributed by atoms with Crippen LogP contribution in [0.1, 0.15) is 112 Å². The van der Waals surface area contributed by atoms with E-state index in [2.05, 4.69) is 16.0 Å². The van der Waals surface area contributed by atoms with E-state index < -0.39 is 0 Å². The molecule has 2 aliphatic heterocycles. The molecule has 3 saturated carbocycles. The zero-order valence-corrected chi connectivity index (χ0v) is 22.3. The minimum atomic E-state index is -0.221. The number of rotatable bonds is 6. The molecule has 0 spiro atoms. The van der Waals surface area contributed by atoms with Crippen LogP contribution in [0.2, 0.25) is 0 Å². The third kappa shape index (κ3) is 5.95. The van der Waals surface area contributed by atoms with Gasteiger partial charge in [0.15, 0.2) is 5.76 Å². The highest BCUT2D eigenvalue weighted by Gasteiger charge is 2.45. The number of piperidine rings is 1. The maximum Gasteiger partial charge on any atom is 0.287 e. The summed E-state index contributed by atoms with van der Waals surface area (Å²) in [4.78, 5) is 12.9. The van der Waals surface area contributed by atoms with E-state index in [0.717, 1.165) is 44.3 Å².